The van der Waals surface area contributed by atoms with E-state index in [9.17, 15) is 9.90 Å². The molecule has 1 saturated heterocycles. The standard InChI is InChI=1S/C16H32N2O2/c1-5-16(6-2)10-12-18(13-16)11-8-7-9-15(3,17-4)14(19)20/h17H,5-13H2,1-4H3,(H,19,20). The van der Waals surface area contributed by atoms with Crippen LogP contribution in [0.5, 0.6) is 0 Å². The van der Waals surface area contributed by atoms with Crippen molar-refractivity contribution in [1.82, 2.24) is 10.2 Å². The monoisotopic (exact) mass is 284 g/mol. The number of aliphatic carboxylic acids is 1. The predicted octanol–water partition coefficient (Wildman–Crippen LogP) is 2.73. The first-order valence-electron chi connectivity index (χ1n) is 8.06. The van der Waals surface area contributed by atoms with Crippen LogP contribution >= 0.6 is 0 Å². The molecule has 1 aliphatic rings. The summed E-state index contributed by atoms with van der Waals surface area (Å²) in [5.74, 6) is -0.753. The van der Waals surface area contributed by atoms with Crippen LogP contribution in [0.3, 0.4) is 0 Å². The Hall–Kier alpha value is -0.610. The molecule has 1 heterocycles. The summed E-state index contributed by atoms with van der Waals surface area (Å²) in [7, 11) is 1.73. The highest BCUT2D eigenvalue weighted by Gasteiger charge is 2.34. The Morgan fingerprint density at radius 3 is 2.45 bits per heavy atom. The summed E-state index contributed by atoms with van der Waals surface area (Å²) < 4.78 is 0. The second-order valence-electron chi connectivity index (χ2n) is 6.58. The van der Waals surface area contributed by atoms with Crippen molar-refractivity contribution in [2.24, 2.45) is 5.41 Å². The zero-order valence-corrected chi connectivity index (χ0v) is 13.7. The predicted molar refractivity (Wildman–Crippen MR) is 83.0 cm³/mol. The largest absolute Gasteiger partial charge is 0.480 e. The van der Waals surface area contributed by atoms with Crippen LogP contribution < -0.4 is 5.32 Å². The van der Waals surface area contributed by atoms with Crippen molar-refractivity contribution in [1.29, 1.82) is 0 Å². The number of carboxylic acids is 1. The van der Waals surface area contributed by atoms with E-state index in [4.69, 9.17) is 0 Å². The summed E-state index contributed by atoms with van der Waals surface area (Å²) in [4.78, 5) is 13.8. The zero-order chi connectivity index (χ0) is 15.2. The number of likely N-dealkylation sites (N-methyl/N-ethyl adjacent to an activating group) is 1. The molecule has 4 nitrogen and oxygen atoms in total. The molecule has 1 atom stereocenters. The van der Waals surface area contributed by atoms with E-state index in [0.717, 1.165) is 19.4 Å². The zero-order valence-electron chi connectivity index (χ0n) is 13.7. The van der Waals surface area contributed by atoms with Crippen molar-refractivity contribution in [3.05, 3.63) is 0 Å². The number of likely N-dealkylation sites (tertiary alicyclic amines) is 1. The molecular formula is C16H32N2O2. The molecule has 0 aromatic carbocycles. The molecule has 1 unspecified atom stereocenters. The summed E-state index contributed by atoms with van der Waals surface area (Å²) in [6, 6.07) is 0. The quantitative estimate of drug-likeness (QED) is 0.639. The molecule has 0 amide bonds. The molecule has 1 aliphatic heterocycles. The molecule has 20 heavy (non-hydrogen) atoms. The fraction of sp³-hybridized carbons (Fsp3) is 0.938. The van der Waals surface area contributed by atoms with E-state index in [1.807, 2.05) is 0 Å². The number of nitrogens with zero attached hydrogens (tertiary/aromatic N) is 1. The molecule has 1 fully saturated rings. The molecule has 0 aromatic rings. The molecule has 0 spiro atoms. The van der Waals surface area contributed by atoms with E-state index in [1.165, 1.54) is 32.4 Å². The van der Waals surface area contributed by atoms with Crippen molar-refractivity contribution in [3.8, 4) is 0 Å². The van der Waals surface area contributed by atoms with Crippen LogP contribution in [-0.4, -0.2) is 48.2 Å². The third-order valence-corrected chi connectivity index (χ3v) is 5.44. The number of rotatable bonds is 9. The van der Waals surface area contributed by atoms with Gasteiger partial charge in [0.25, 0.3) is 0 Å². The molecular weight excluding hydrogens is 252 g/mol. The van der Waals surface area contributed by atoms with Gasteiger partial charge in [0.2, 0.25) is 0 Å². The maximum atomic E-state index is 11.2. The SMILES string of the molecule is CCC1(CC)CCN(CCCCC(C)(NC)C(=O)O)C1. The molecule has 0 radical (unpaired) electrons. The van der Waals surface area contributed by atoms with Crippen LogP contribution in [0.4, 0.5) is 0 Å². The smallest absolute Gasteiger partial charge is 0.323 e. The van der Waals surface area contributed by atoms with Crippen LogP contribution in [0, 0.1) is 5.41 Å². The summed E-state index contributed by atoms with van der Waals surface area (Å²) in [6.07, 6.45) is 6.62. The van der Waals surface area contributed by atoms with Gasteiger partial charge < -0.3 is 15.3 Å². The van der Waals surface area contributed by atoms with Crippen LogP contribution in [0.15, 0.2) is 0 Å². The molecule has 4 heteroatoms. The average Bonchev–Trinajstić information content (AvgIpc) is 2.87. The lowest BCUT2D eigenvalue weighted by Gasteiger charge is -2.27. The second-order valence-corrected chi connectivity index (χ2v) is 6.58. The topological polar surface area (TPSA) is 52.6 Å². The van der Waals surface area contributed by atoms with Gasteiger partial charge in [0.15, 0.2) is 0 Å². The van der Waals surface area contributed by atoms with E-state index in [2.05, 4.69) is 24.1 Å². The first kappa shape index (κ1) is 17.4. The maximum absolute atomic E-state index is 11.2. The van der Waals surface area contributed by atoms with Crippen molar-refractivity contribution in [2.45, 2.75) is 64.8 Å². The lowest BCUT2D eigenvalue weighted by atomic mass is 9.82. The number of nitrogens with one attached hydrogen (secondary N) is 1. The Bertz CT molecular complexity index is 316. The number of hydrogen-bond acceptors (Lipinski definition) is 3. The molecule has 118 valence electrons. The lowest BCUT2D eigenvalue weighted by Crippen LogP contribution is -2.47. The minimum atomic E-state index is -0.776. The minimum absolute atomic E-state index is 0.542. The van der Waals surface area contributed by atoms with Gasteiger partial charge in [0, 0.05) is 6.54 Å². The summed E-state index contributed by atoms with van der Waals surface area (Å²) >= 11 is 0. The first-order valence-corrected chi connectivity index (χ1v) is 8.06. The van der Waals surface area contributed by atoms with Gasteiger partial charge >= 0.3 is 5.97 Å². The van der Waals surface area contributed by atoms with Crippen molar-refractivity contribution >= 4 is 5.97 Å². The second kappa shape index (κ2) is 7.41. The van der Waals surface area contributed by atoms with E-state index in [1.54, 1.807) is 14.0 Å². The Morgan fingerprint density at radius 1 is 1.35 bits per heavy atom. The van der Waals surface area contributed by atoms with Crippen molar-refractivity contribution in [2.75, 3.05) is 26.7 Å². The number of unbranched alkanes of at least 4 members (excludes halogenated alkanes) is 1. The van der Waals surface area contributed by atoms with Gasteiger partial charge in [-0.15, -0.1) is 0 Å². The van der Waals surface area contributed by atoms with Gasteiger partial charge in [-0.05, 0) is 71.0 Å². The third-order valence-electron chi connectivity index (χ3n) is 5.44. The Labute approximate surface area is 123 Å². The molecule has 2 N–H and O–H groups in total. The highest BCUT2D eigenvalue weighted by molar-refractivity contribution is 5.78. The fourth-order valence-electron chi connectivity index (χ4n) is 3.20. The molecule has 0 saturated carbocycles. The molecule has 0 aliphatic carbocycles. The van der Waals surface area contributed by atoms with Crippen LogP contribution in [0.2, 0.25) is 0 Å². The van der Waals surface area contributed by atoms with E-state index in [0.29, 0.717) is 11.8 Å². The first-order chi connectivity index (χ1) is 9.41. The lowest BCUT2D eigenvalue weighted by molar-refractivity contribution is -0.144. The number of carbonyl (C=O) groups is 1. The van der Waals surface area contributed by atoms with Crippen LogP contribution in [0.1, 0.15) is 59.3 Å². The Kier molecular flexibility index (Phi) is 6.46. The van der Waals surface area contributed by atoms with Crippen molar-refractivity contribution < 1.29 is 9.90 Å². The van der Waals surface area contributed by atoms with Crippen molar-refractivity contribution in [3.63, 3.8) is 0 Å². The fourth-order valence-corrected chi connectivity index (χ4v) is 3.20. The normalized spacial score (nSPS) is 21.8. The van der Waals surface area contributed by atoms with Crippen LogP contribution in [0.25, 0.3) is 0 Å². The van der Waals surface area contributed by atoms with Gasteiger partial charge in [-0.3, -0.25) is 4.79 Å². The summed E-state index contributed by atoms with van der Waals surface area (Å²) in [5.41, 5.74) is -0.234. The highest BCUT2D eigenvalue weighted by atomic mass is 16.4. The van der Waals surface area contributed by atoms with Gasteiger partial charge in [0.05, 0.1) is 0 Å². The Balaban J connectivity index is 2.28. The maximum Gasteiger partial charge on any atom is 0.323 e. The Morgan fingerprint density at radius 2 is 2.00 bits per heavy atom. The third kappa shape index (κ3) is 4.19. The van der Waals surface area contributed by atoms with Gasteiger partial charge in [0.1, 0.15) is 5.54 Å². The molecule has 0 aromatic heterocycles. The van der Waals surface area contributed by atoms with Crippen LogP contribution in [-0.2, 0) is 4.79 Å². The van der Waals surface area contributed by atoms with Gasteiger partial charge in [-0.25, -0.2) is 0 Å². The summed E-state index contributed by atoms with van der Waals surface area (Å²) in [6.45, 7) is 9.92. The average molecular weight is 284 g/mol. The van der Waals surface area contributed by atoms with Gasteiger partial charge in [-0.1, -0.05) is 13.8 Å². The van der Waals surface area contributed by atoms with E-state index >= 15 is 0 Å². The van der Waals surface area contributed by atoms with E-state index < -0.39 is 11.5 Å². The minimum Gasteiger partial charge on any atom is -0.480 e. The molecule has 0 bridgehead atoms. The number of hydrogen-bond donors (Lipinski definition) is 2. The molecule has 1 rings (SSSR count). The van der Waals surface area contributed by atoms with E-state index in [-0.39, 0.29) is 0 Å². The number of carboxylic acid groups (broad SMARTS) is 1. The van der Waals surface area contributed by atoms with Gasteiger partial charge in [-0.2, -0.15) is 0 Å². The summed E-state index contributed by atoms with van der Waals surface area (Å²) in [5, 5.41) is 12.1. The highest BCUT2D eigenvalue weighted by Crippen LogP contribution is 2.36.